The number of alkyl halides is 3. The molecule has 0 fully saturated rings. The zero-order valence-corrected chi connectivity index (χ0v) is 16.4. The number of rotatable bonds is 4. The highest BCUT2D eigenvalue weighted by atomic mass is 19.4. The van der Waals surface area contributed by atoms with Crippen LogP contribution in [-0.2, 0) is 6.18 Å². The first-order valence-electron chi connectivity index (χ1n) is 9.15. The lowest BCUT2D eigenvalue weighted by atomic mass is 10.1. The zero-order chi connectivity index (χ0) is 22.2. The minimum Gasteiger partial charge on any atom is -0.437 e. The SMILES string of the molecule is Cc1nc(Oc2ccc(C)c(C(=O)Nc3cccc(C(F)(F)F)c3)c2)c2[nH]cnc2n1. The average Bonchev–Trinajstić information content (AvgIpc) is 3.17. The summed E-state index contributed by atoms with van der Waals surface area (Å²) in [6.07, 6.45) is -3.03. The highest BCUT2D eigenvalue weighted by Crippen LogP contribution is 2.31. The van der Waals surface area contributed by atoms with Gasteiger partial charge in [-0.2, -0.15) is 18.2 Å². The lowest BCUT2D eigenvalue weighted by molar-refractivity contribution is -0.137. The molecule has 4 aromatic rings. The zero-order valence-electron chi connectivity index (χ0n) is 16.4. The number of hydrogen-bond acceptors (Lipinski definition) is 5. The van der Waals surface area contributed by atoms with Gasteiger partial charge in [0.15, 0.2) is 5.65 Å². The number of nitrogens with zero attached hydrogens (tertiary/aromatic N) is 3. The van der Waals surface area contributed by atoms with E-state index in [0.29, 0.717) is 28.3 Å². The standard InChI is InChI=1S/C21H16F3N5O2/c1-11-6-7-15(31-20-17-18(26-10-25-17)27-12(2)28-20)9-16(11)19(30)29-14-5-3-4-13(8-14)21(22,23)24/h3-10H,1-2H3,(H,29,30)(H,25,26,27,28). The minimum absolute atomic E-state index is 0.0381. The number of fused-ring (bicyclic) bond motifs is 1. The van der Waals surface area contributed by atoms with Crippen LogP contribution in [-0.4, -0.2) is 25.8 Å². The molecule has 31 heavy (non-hydrogen) atoms. The number of imidazole rings is 1. The molecule has 0 aliphatic rings. The molecule has 0 bridgehead atoms. The molecular formula is C21H16F3N5O2. The monoisotopic (exact) mass is 427 g/mol. The molecule has 2 aromatic carbocycles. The van der Waals surface area contributed by atoms with Crippen LogP contribution in [0.2, 0.25) is 0 Å². The molecule has 0 unspecified atom stereocenters. The molecule has 7 nitrogen and oxygen atoms in total. The number of aromatic amines is 1. The van der Waals surface area contributed by atoms with Crippen LogP contribution in [0.4, 0.5) is 18.9 Å². The van der Waals surface area contributed by atoms with Gasteiger partial charge in [-0.15, -0.1) is 0 Å². The van der Waals surface area contributed by atoms with Gasteiger partial charge >= 0.3 is 6.18 Å². The van der Waals surface area contributed by atoms with Crippen LogP contribution in [0.5, 0.6) is 11.6 Å². The van der Waals surface area contributed by atoms with Gasteiger partial charge in [0.2, 0.25) is 5.88 Å². The summed E-state index contributed by atoms with van der Waals surface area (Å²) >= 11 is 0. The number of H-pyrrole nitrogens is 1. The summed E-state index contributed by atoms with van der Waals surface area (Å²) in [5.74, 6) is 0.471. The number of aryl methyl sites for hydroxylation is 2. The second kappa shape index (κ2) is 7.71. The maximum atomic E-state index is 12.9. The molecule has 0 aliphatic carbocycles. The first-order chi connectivity index (χ1) is 14.7. The molecular weight excluding hydrogens is 411 g/mol. The van der Waals surface area contributed by atoms with Crippen LogP contribution < -0.4 is 10.1 Å². The Morgan fingerprint density at radius 1 is 1.10 bits per heavy atom. The van der Waals surface area contributed by atoms with E-state index in [2.05, 4.69) is 25.3 Å². The number of ether oxygens (including phenoxy) is 1. The number of hydrogen-bond donors (Lipinski definition) is 2. The first-order valence-corrected chi connectivity index (χ1v) is 9.15. The van der Waals surface area contributed by atoms with Crippen molar-refractivity contribution in [3.8, 4) is 11.6 Å². The molecule has 0 saturated carbocycles. The van der Waals surface area contributed by atoms with Crippen molar-refractivity contribution in [2.45, 2.75) is 20.0 Å². The van der Waals surface area contributed by atoms with Gasteiger partial charge in [0, 0.05) is 11.3 Å². The van der Waals surface area contributed by atoms with Crippen LogP contribution in [0.3, 0.4) is 0 Å². The second-order valence-corrected chi connectivity index (χ2v) is 6.79. The van der Waals surface area contributed by atoms with Gasteiger partial charge in [-0.25, -0.2) is 9.97 Å². The lowest BCUT2D eigenvalue weighted by Gasteiger charge is -2.12. The molecule has 2 heterocycles. The highest BCUT2D eigenvalue weighted by Gasteiger charge is 2.30. The molecule has 0 aliphatic heterocycles. The molecule has 158 valence electrons. The summed E-state index contributed by atoms with van der Waals surface area (Å²) in [7, 11) is 0. The summed E-state index contributed by atoms with van der Waals surface area (Å²) in [4.78, 5) is 28.2. The van der Waals surface area contributed by atoms with E-state index < -0.39 is 17.6 Å². The van der Waals surface area contributed by atoms with E-state index in [1.807, 2.05) is 0 Å². The molecule has 10 heteroatoms. The van der Waals surface area contributed by atoms with Crippen LogP contribution in [0.25, 0.3) is 11.2 Å². The van der Waals surface area contributed by atoms with E-state index >= 15 is 0 Å². The van der Waals surface area contributed by atoms with Crippen molar-refractivity contribution in [1.29, 1.82) is 0 Å². The van der Waals surface area contributed by atoms with Crippen molar-refractivity contribution in [2.24, 2.45) is 0 Å². The smallest absolute Gasteiger partial charge is 0.416 e. The van der Waals surface area contributed by atoms with Crippen molar-refractivity contribution in [2.75, 3.05) is 5.32 Å². The van der Waals surface area contributed by atoms with Gasteiger partial charge in [-0.05, 0) is 49.7 Å². The predicted molar refractivity (Wildman–Crippen MR) is 107 cm³/mol. The van der Waals surface area contributed by atoms with Crippen molar-refractivity contribution in [1.82, 2.24) is 19.9 Å². The normalized spacial score (nSPS) is 11.5. The number of nitrogens with one attached hydrogen (secondary N) is 2. The van der Waals surface area contributed by atoms with Crippen molar-refractivity contribution in [3.63, 3.8) is 0 Å². The van der Waals surface area contributed by atoms with E-state index in [0.717, 1.165) is 12.1 Å². The van der Waals surface area contributed by atoms with Gasteiger partial charge in [0.1, 0.15) is 17.1 Å². The summed E-state index contributed by atoms with van der Waals surface area (Å²) < 4.78 is 44.6. The van der Waals surface area contributed by atoms with Gasteiger partial charge in [0.05, 0.1) is 11.9 Å². The Labute approximate surface area is 174 Å². The van der Waals surface area contributed by atoms with Gasteiger partial charge < -0.3 is 15.0 Å². The van der Waals surface area contributed by atoms with Crippen LogP contribution in [0.1, 0.15) is 27.3 Å². The minimum atomic E-state index is -4.50. The summed E-state index contributed by atoms with van der Waals surface area (Å²) in [6.45, 7) is 3.41. The molecule has 2 aromatic heterocycles. The quantitative estimate of drug-likeness (QED) is 0.476. The van der Waals surface area contributed by atoms with Crippen molar-refractivity contribution < 1.29 is 22.7 Å². The Balaban J connectivity index is 1.61. The fraction of sp³-hybridized carbons (Fsp3) is 0.143. The maximum absolute atomic E-state index is 12.9. The number of benzene rings is 2. The molecule has 0 atom stereocenters. The molecule has 1 amide bonds. The summed E-state index contributed by atoms with van der Waals surface area (Å²) in [5, 5.41) is 2.50. The Bertz CT molecular complexity index is 1280. The van der Waals surface area contributed by atoms with Crippen LogP contribution in [0, 0.1) is 13.8 Å². The Kier molecular flexibility index (Phi) is 5.05. The van der Waals surface area contributed by atoms with Crippen LogP contribution in [0.15, 0.2) is 48.8 Å². The molecule has 0 radical (unpaired) electrons. The number of anilines is 1. The van der Waals surface area contributed by atoms with E-state index in [4.69, 9.17) is 4.74 Å². The predicted octanol–water partition coefficient (Wildman–Crippen LogP) is 5.03. The number of carbonyl (C=O) groups excluding carboxylic acids is 1. The lowest BCUT2D eigenvalue weighted by Crippen LogP contribution is -2.14. The Morgan fingerprint density at radius 2 is 1.90 bits per heavy atom. The Morgan fingerprint density at radius 3 is 2.68 bits per heavy atom. The Hall–Kier alpha value is -3.95. The molecule has 4 rings (SSSR count). The second-order valence-electron chi connectivity index (χ2n) is 6.79. The number of halogens is 3. The maximum Gasteiger partial charge on any atom is 0.416 e. The average molecular weight is 427 g/mol. The topological polar surface area (TPSA) is 92.8 Å². The van der Waals surface area contributed by atoms with Gasteiger partial charge in [0.25, 0.3) is 5.91 Å². The molecule has 0 spiro atoms. The van der Waals surface area contributed by atoms with E-state index in [1.165, 1.54) is 24.5 Å². The third-order valence-corrected chi connectivity index (χ3v) is 4.48. The van der Waals surface area contributed by atoms with Crippen LogP contribution >= 0.6 is 0 Å². The molecule has 0 saturated heterocycles. The number of amides is 1. The fourth-order valence-corrected chi connectivity index (χ4v) is 2.98. The summed E-state index contributed by atoms with van der Waals surface area (Å²) in [6, 6.07) is 9.28. The third-order valence-electron chi connectivity index (χ3n) is 4.48. The fourth-order valence-electron chi connectivity index (χ4n) is 2.98. The highest BCUT2D eigenvalue weighted by molar-refractivity contribution is 6.05. The van der Waals surface area contributed by atoms with E-state index in [1.54, 1.807) is 26.0 Å². The van der Waals surface area contributed by atoms with Crippen molar-refractivity contribution in [3.05, 3.63) is 71.3 Å². The van der Waals surface area contributed by atoms with Crippen molar-refractivity contribution >= 4 is 22.8 Å². The van der Waals surface area contributed by atoms with Gasteiger partial charge in [-0.3, -0.25) is 4.79 Å². The first kappa shape index (κ1) is 20.3. The van der Waals surface area contributed by atoms with Gasteiger partial charge in [-0.1, -0.05) is 12.1 Å². The summed E-state index contributed by atoms with van der Waals surface area (Å²) in [5.41, 5.74) is 1.01. The van der Waals surface area contributed by atoms with E-state index in [-0.39, 0.29) is 17.1 Å². The number of carbonyl (C=O) groups is 1. The largest absolute Gasteiger partial charge is 0.437 e. The third kappa shape index (κ3) is 4.32. The number of aromatic nitrogens is 4. The van der Waals surface area contributed by atoms with E-state index in [9.17, 15) is 18.0 Å². The molecule has 2 N–H and O–H groups in total.